The third-order valence-corrected chi connectivity index (χ3v) is 4.01. The van der Waals surface area contributed by atoms with Gasteiger partial charge in [-0.2, -0.15) is 15.6 Å². The topological polar surface area (TPSA) is 65.4 Å². The molecule has 0 aliphatic heterocycles. The minimum atomic E-state index is 0.310. The summed E-state index contributed by atoms with van der Waals surface area (Å²) in [6, 6.07) is 13.6. The molecular formula is C13H7ClN4S. The third-order valence-electron chi connectivity index (χ3n) is 2.62. The molecule has 0 amide bonds. The van der Waals surface area contributed by atoms with E-state index in [4.69, 9.17) is 16.9 Å². The molecule has 6 heteroatoms. The van der Waals surface area contributed by atoms with Gasteiger partial charge in [0.05, 0.1) is 4.88 Å². The Labute approximate surface area is 118 Å². The van der Waals surface area contributed by atoms with E-state index in [0.717, 1.165) is 15.3 Å². The van der Waals surface area contributed by atoms with Crippen molar-refractivity contribution in [2.75, 3.05) is 0 Å². The number of halogens is 1. The van der Waals surface area contributed by atoms with E-state index in [-0.39, 0.29) is 0 Å². The van der Waals surface area contributed by atoms with Crippen LogP contribution in [0, 0.1) is 11.3 Å². The Balaban J connectivity index is 2.00. The lowest BCUT2D eigenvalue weighted by Gasteiger charge is -1.96. The lowest BCUT2D eigenvalue weighted by atomic mass is 10.2. The predicted molar refractivity (Wildman–Crippen MR) is 74.9 cm³/mol. The second-order valence-corrected chi connectivity index (χ2v) is 5.32. The van der Waals surface area contributed by atoms with Crippen LogP contribution in [-0.4, -0.2) is 15.4 Å². The van der Waals surface area contributed by atoms with Crippen LogP contribution in [0.1, 0.15) is 5.69 Å². The van der Waals surface area contributed by atoms with E-state index in [0.29, 0.717) is 16.4 Å². The van der Waals surface area contributed by atoms with E-state index in [2.05, 4.69) is 15.4 Å². The number of rotatable bonds is 2. The highest BCUT2D eigenvalue weighted by Crippen LogP contribution is 2.34. The van der Waals surface area contributed by atoms with Crippen LogP contribution in [0.25, 0.3) is 21.0 Å². The van der Waals surface area contributed by atoms with Crippen LogP contribution in [0.4, 0.5) is 0 Å². The molecule has 0 saturated heterocycles. The number of aromatic nitrogens is 3. The van der Waals surface area contributed by atoms with Gasteiger partial charge in [-0.25, -0.2) is 0 Å². The fourth-order valence-corrected chi connectivity index (χ4v) is 2.84. The maximum atomic E-state index is 8.94. The van der Waals surface area contributed by atoms with Crippen molar-refractivity contribution in [2.45, 2.75) is 0 Å². The first-order valence-corrected chi connectivity index (χ1v) is 6.64. The lowest BCUT2D eigenvalue weighted by molar-refractivity contribution is 0.937. The molecule has 3 rings (SSSR count). The summed E-state index contributed by atoms with van der Waals surface area (Å²) in [7, 11) is 0. The van der Waals surface area contributed by atoms with Crippen molar-refractivity contribution in [1.29, 1.82) is 5.26 Å². The molecule has 4 nitrogen and oxygen atoms in total. The molecule has 1 aromatic carbocycles. The van der Waals surface area contributed by atoms with E-state index in [1.807, 2.05) is 42.5 Å². The molecule has 0 spiro atoms. The van der Waals surface area contributed by atoms with Crippen molar-refractivity contribution in [2.24, 2.45) is 0 Å². The molecule has 2 heterocycles. The summed E-state index contributed by atoms with van der Waals surface area (Å²) in [4.78, 5) is 2.01. The monoisotopic (exact) mass is 286 g/mol. The Morgan fingerprint density at radius 1 is 1.05 bits per heavy atom. The van der Waals surface area contributed by atoms with E-state index in [9.17, 15) is 0 Å². The number of nitriles is 1. The van der Waals surface area contributed by atoms with Gasteiger partial charge in [0.15, 0.2) is 5.69 Å². The molecule has 0 saturated carbocycles. The molecule has 2 aromatic heterocycles. The zero-order valence-corrected chi connectivity index (χ0v) is 11.2. The molecule has 0 bridgehead atoms. The second-order valence-electron chi connectivity index (χ2n) is 3.80. The predicted octanol–water partition coefficient (Wildman–Crippen LogP) is 3.73. The summed E-state index contributed by atoms with van der Waals surface area (Å²) in [6.07, 6.45) is 0. The highest BCUT2D eigenvalue weighted by Gasteiger charge is 2.12. The quantitative estimate of drug-likeness (QED) is 0.780. The minimum absolute atomic E-state index is 0.310. The van der Waals surface area contributed by atoms with Gasteiger partial charge in [0.2, 0.25) is 0 Å². The Bertz CT molecular complexity index is 752. The number of nitrogens with zero attached hydrogens (tertiary/aromatic N) is 3. The maximum absolute atomic E-state index is 8.94. The standard InChI is InChI=1S/C13H7ClN4S/c14-9-3-1-8(2-4-9)11-5-6-12(19-11)13-10(7-15)16-18-17-13/h1-6H,(H,16,17,18). The van der Waals surface area contributed by atoms with Gasteiger partial charge in [-0.05, 0) is 29.8 Å². The zero-order valence-electron chi connectivity index (χ0n) is 9.59. The molecular weight excluding hydrogens is 280 g/mol. The normalized spacial score (nSPS) is 10.3. The average molecular weight is 287 g/mol. The fraction of sp³-hybridized carbons (Fsp3) is 0. The van der Waals surface area contributed by atoms with Crippen molar-refractivity contribution in [1.82, 2.24) is 15.4 Å². The molecule has 0 unspecified atom stereocenters. The Kier molecular flexibility index (Phi) is 3.03. The highest BCUT2D eigenvalue weighted by molar-refractivity contribution is 7.18. The number of hydrogen-bond donors (Lipinski definition) is 1. The van der Waals surface area contributed by atoms with E-state index in [1.165, 1.54) is 0 Å². The highest BCUT2D eigenvalue weighted by atomic mass is 35.5. The second kappa shape index (κ2) is 4.84. The van der Waals surface area contributed by atoms with Crippen LogP contribution >= 0.6 is 22.9 Å². The van der Waals surface area contributed by atoms with Crippen LogP contribution in [0.2, 0.25) is 5.02 Å². The molecule has 19 heavy (non-hydrogen) atoms. The first-order chi connectivity index (χ1) is 9.28. The summed E-state index contributed by atoms with van der Waals surface area (Å²) in [5, 5.41) is 19.9. The van der Waals surface area contributed by atoms with E-state index < -0.39 is 0 Å². The summed E-state index contributed by atoms with van der Waals surface area (Å²) < 4.78 is 0. The van der Waals surface area contributed by atoms with Crippen molar-refractivity contribution in [3.05, 3.63) is 47.1 Å². The molecule has 0 atom stereocenters. The number of H-pyrrole nitrogens is 1. The van der Waals surface area contributed by atoms with Crippen molar-refractivity contribution < 1.29 is 0 Å². The van der Waals surface area contributed by atoms with Gasteiger partial charge in [-0.15, -0.1) is 16.4 Å². The molecule has 0 aliphatic rings. The third kappa shape index (κ3) is 2.24. The van der Waals surface area contributed by atoms with E-state index in [1.54, 1.807) is 11.3 Å². The van der Waals surface area contributed by atoms with Crippen LogP contribution in [0.5, 0.6) is 0 Å². The zero-order chi connectivity index (χ0) is 13.2. The van der Waals surface area contributed by atoms with Crippen molar-refractivity contribution in [3.63, 3.8) is 0 Å². The summed E-state index contributed by atoms with van der Waals surface area (Å²) in [6.45, 7) is 0. The molecule has 92 valence electrons. The summed E-state index contributed by atoms with van der Waals surface area (Å²) >= 11 is 7.43. The van der Waals surface area contributed by atoms with Crippen LogP contribution in [0.3, 0.4) is 0 Å². The van der Waals surface area contributed by atoms with Crippen LogP contribution < -0.4 is 0 Å². The Morgan fingerprint density at radius 2 is 1.79 bits per heavy atom. The smallest absolute Gasteiger partial charge is 0.191 e. The number of benzene rings is 1. The minimum Gasteiger partial charge on any atom is -0.196 e. The first-order valence-electron chi connectivity index (χ1n) is 5.45. The molecule has 1 N–H and O–H groups in total. The van der Waals surface area contributed by atoms with Gasteiger partial charge in [0.25, 0.3) is 0 Å². The summed E-state index contributed by atoms with van der Waals surface area (Å²) in [5.41, 5.74) is 1.99. The number of thiophene rings is 1. The van der Waals surface area contributed by atoms with Crippen molar-refractivity contribution >= 4 is 22.9 Å². The van der Waals surface area contributed by atoms with Crippen LogP contribution in [0.15, 0.2) is 36.4 Å². The largest absolute Gasteiger partial charge is 0.196 e. The average Bonchev–Trinajstić information content (AvgIpc) is 3.07. The van der Waals surface area contributed by atoms with Gasteiger partial charge < -0.3 is 0 Å². The van der Waals surface area contributed by atoms with Gasteiger partial charge >= 0.3 is 0 Å². The number of nitrogens with one attached hydrogen (secondary N) is 1. The number of hydrogen-bond acceptors (Lipinski definition) is 4. The molecule has 0 radical (unpaired) electrons. The molecule has 0 aliphatic carbocycles. The fourth-order valence-electron chi connectivity index (χ4n) is 1.72. The van der Waals surface area contributed by atoms with Gasteiger partial charge in [-0.3, -0.25) is 0 Å². The first kappa shape index (κ1) is 11.9. The number of aromatic amines is 1. The Morgan fingerprint density at radius 3 is 2.53 bits per heavy atom. The Hall–Kier alpha value is -2.16. The maximum Gasteiger partial charge on any atom is 0.191 e. The van der Waals surface area contributed by atoms with Crippen molar-refractivity contribution in [3.8, 4) is 27.1 Å². The molecule has 3 aromatic rings. The lowest BCUT2D eigenvalue weighted by Crippen LogP contribution is -1.77. The van der Waals surface area contributed by atoms with Gasteiger partial charge in [0, 0.05) is 9.90 Å². The summed E-state index contributed by atoms with van der Waals surface area (Å²) in [5.74, 6) is 0. The van der Waals surface area contributed by atoms with Gasteiger partial charge in [-0.1, -0.05) is 23.7 Å². The van der Waals surface area contributed by atoms with E-state index >= 15 is 0 Å². The molecule has 0 fully saturated rings. The van der Waals surface area contributed by atoms with Gasteiger partial charge in [0.1, 0.15) is 11.8 Å². The SMILES string of the molecule is N#Cc1n[nH]nc1-c1ccc(-c2ccc(Cl)cc2)s1. The van der Waals surface area contributed by atoms with Crippen LogP contribution in [-0.2, 0) is 0 Å².